The molecule has 1 heterocycles. The maximum atomic E-state index is 12.7. The molecule has 0 aromatic heterocycles. The van der Waals surface area contributed by atoms with E-state index in [2.05, 4.69) is 17.0 Å². The summed E-state index contributed by atoms with van der Waals surface area (Å²) < 4.78 is 27.9. The topological polar surface area (TPSA) is 78.5 Å². The summed E-state index contributed by atoms with van der Waals surface area (Å²) in [5, 5.41) is 3.25. The molecule has 0 saturated heterocycles. The Kier molecular flexibility index (Phi) is 5.18. The molecule has 0 unspecified atom stereocenters. The Balaban J connectivity index is 1.77. The number of fused-ring (bicyclic) bond motifs is 1. The number of hydrogen-bond donors (Lipinski definition) is 2. The van der Waals surface area contributed by atoms with Crippen molar-refractivity contribution < 1.29 is 13.2 Å². The largest absolute Gasteiger partial charge is 0.385 e. The molecule has 26 heavy (non-hydrogen) atoms. The van der Waals surface area contributed by atoms with Gasteiger partial charge in [0.2, 0.25) is 5.91 Å². The van der Waals surface area contributed by atoms with E-state index < -0.39 is 10.0 Å². The van der Waals surface area contributed by atoms with Crippen molar-refractivity contribution in [3.05, 3.63) is 48.0 Å². The first-order valence-electron chi connectivity index (χ1n) is 8.68. The van der Waals surface area contributed by atoms with Gasteiger partial charge in [-0.05, 0) is 60.9 Å². The molecule has 0 aliphatic carbocycles. The molecule has 0 saturated carbocycles. The Morgan fingerprint density at radius 3 is 2.46 bits per heavy atom. The quantitative estimate of drug-likeness (QED) is 0.815. The van der Waals surface area contributed by atoms with E-state index >= 15 is 0 Å². The average Bonchev–Trinajstić information content (AvgIpc) is 3.04. The summed E-state index contributed by atoms with van der Waals surface area (Å²) in [6, 6.07) is 12.1. The van der Waals surface area contributed by atoms with Crippen LogP contribution in [0, 0.1) is 0 Å². The van der Waals surface area contributed by atoms with E-state index in [0.29, 0.717) is 18.7 Å². The number of carbonyl (C=O) groups excluding carboxylic acids is 1. The number of amides is 1. The fourth-order valence-electron chi connectivity index (χ4n) is 3.01. The van der Waals surface area contributed by atoms with Crippen molar-refractivity contribution in [1.82, 2.24) is 0 Å². The van der Waals surface area contributed by atoms with E-state index in [1.54, 1.807) is 35.2 Å². The van der Waals surface area contributed by atoms with Crippen LogP contribution in [-0.4, -0.2) is 27.4 Å². The Morgan fingerprint density at radius 2 is 1.81 bits per heavy atom. The van der Waals surface area contributed by atoms with Crippen LogP contribution in [0.1, 0.15) is 25.8 Å². The first-order valence-corrected chi connectivity index (χ1v) is 10.2. The summed E-state index contributed by atoms with van der Waals surface area (Å²) in [6.07, 6.45) is 1.68. The zero-order valence-corrected chi connectivity index (χ0v) is 15.8. The average molecular weight is 373 g/mol. The van der Waals surface area contributed by atoms with E-state index in [0.717, 1.165) is 29.9 Å². The Bertz CT molecular complexity index is 908. The maximum absolute atomic E-state index is 12.7. The minimum Gasteiger partial charge on any atom is -0.385 e. The lowest BCUT2D eigenvalue weighted by Crippen LogP contribution is -2.25. The van der Waals surface area contributed by atoms with Gasteiger partial charge in [-0.25, -0.2) is 8.42 Å². The van der Waals surface area contributed by atoms with Gasteiger partial charge in [0.05, 0.1) is 4.90 Å². The number of anilines is 3. The molecule has 2 N–H and O–H groups in total. The second kappa shape index (κ2) is 7.37. The highest BCUT2D eigenvalue weighted by Gasteiger charge is 2.24. The van der Waals surface area contributed by atoms with Gasteiger partial charge >= 0.3 is 0 Å². The van der Waals surface area contributed by atoms with Crippen molar-refractivity contribution in [3.63, 3.8) is 0 Å². The van der Waals surface area contributed by atoms with Gasteiger partial charge in [0.25, 0.3) is 10.0 Å². The number of hydrogen-bond acceptors (Lipinski definition) is 4. The maximum Gasteiger partial charge on any atom is 0.261 e. The smallest absolute Gasteiger partial charge is 0.261 e. The van der Waals surface area contributed by atoms with Crippen molar-refractivity contribution >= 4 is 33.0 Å². The van der Waals surface area contributed by atoms with Gasteiger partial charge in [-0.3, -0.25) is 9.52 Å². The van der Waals surface area contributed by atoms with Gasteiger partial charge in [0.1, 0.15) is 0 Å². The molecule has 0 spiro atoms. The molecule has 2 aromatic carbocycles. The predicted molar refractivity (Wildman–Crippen MR) is 104 cm³/mol. The minimum atomic E-state index is -3.68. The molecule has 2 aromatic rings. The second-order valence-corrected chi connectivity index (χ2v) is 8.00. The first-order chi connectivity index (χ1) is 12.4. The third-order valence-electron chi connectivity index (χ3n) is 4.35. The Morgan fingerprint density at radius 1 is 1.12 bits per heavy atom. The second-order valence-electron chi connectivity index (χ2n) is 6.32. The molecule has 7 heteroatoms. The minimum absolute atomic E-state index is 0.0331. The highest BCUT2D eigenvalue weighted by Crippen LogP contribution is 2.30. The Hall–Kier alpha value is -2.54. The van der Waals surface area contributed by atoms with Gasteiger partial charge in [-0.2, -0.15) is 0 Å². The van der Waals surface area contributed by atoms with Crippen LogP contribution in [0.5, 0.6) is 0 Å². The van der Waals surface area contributed by atoms with Crippen molar-refractivity contribution in [2.75, 3.05) is 28.0 Å². The first kappa shape index (κ1) is 18.3. The van der Waals surface area contributed by atoms with E-state index in [1.165, 1.54) is 6.92 Å². The molecule has 1 amide bonds. The Labute approximate surface area is 154 Å². The van der Waals surface area contributed by atoms with Crippen LogP contribution in [0.4, 0.5) is 17.1 Å². The van der Waals surface area contributed by atoms with Crippen molar-refractivity contribution in [2.45, 2.75) is 31.6 Å². The zero-order chi connectivity index (χ0) is 18.7. The van der Waals surface area contributed by atoms with Crippen LogP contribution >= 0.6 is 0 Å². The number of benzene rings is 2. The lowest BCUT2D eigenvalue weighted by molar-refractivity contribution is -0.116. The third-order valence-corrected chi connectivity index (χ3v) is 5.73. The molecule has 0 bridgehead atoms. The van der Waals surface area contributed by atoms with Gasteiger partial charge in [-0.15, -0.1) is 0 Å². The van der Waals surface area contributed by atoms with Gasteiger partial charge < -0.3 is 10.2 Å². The molecule has 1 aliphatic heterocycles. The number of sulfonamides is 1. The van der Waals surface area contributed by atoms with E-state index in [9.17, 15) is 13.2 Å². The molecule has 1 aliphatic rings. The molecule has 6 nitrogen and oxygen atoms in total. The van der Waals surface area contributed by atoms with Crippen LogP contribution in [0.25, 0.3) is 0 Å². The standard InChI is InChI=1S/C19H23N3O3S/c1-3-11-20-16-4-6-17(7-5-16)21-26(24,25)18-8-9-19-15(13-18)10-12-22(19)14(2)23/h4-9,13,20-21H,3,10-12H2,1-2H3. The zero-order valence-electron chi connectivity index (χ0n) is 15.0. The highest BCUT2D eigenvalue weighted by atomic mass is 32.2. The van der Waals surface area contributed by atoms with Crippen molar-refractivity contribution in [2.24, 2.45) is 0 Å². The molecule has 0 fully saturated rings. The van der Waals surface area contributed by atoms with Crippen molar-refractivity contribution in [1.29, 1.82) is 0 Å². The van der Waals surface area contributed by atoms with Crippen LogP contribution in [-0.2, 0) is 21.2 Å². The summed E-state index contributed by atoms with van der Waals surface area (Å²) in [5.74, 6) is -0.0331. The number of carbonyl (C=O) groups is 1. The van der Waals surface area contributed by atoms with Gasteiger partial charge in [-0.1, -0.05) is 6.92 Å². The molecule has 138 valence electrons. The predicted octanol–water partition coefficient (Wildman–Crippen LogP) is 3.22. The van der Waals surface area contributed by atoms with E-state index in [4.69, 9.17) is 0 Å². The lowest BCUT2D eigenvalue weighted by Gasteiger charge is -2.15. The number of rotatable bonds is 6. The molecule has 0 atom stereocenters. The SMILES string of the molecule is CCCNc1ccc(NS(=O)(=O)c2ccc3c(c2)CCN3C(C)=O)cc1. The van der Waals surface area contributed by atoms with Crippen LogP contribution in [0.15, 0.2) is 47.4 Å². The fraction of sp³-hybridized carbons (Fsp3) is 0.316. The highest BCUT2D eigenvalue weighted by molar-refractivity contribution is 7.92. The van der Waals surface area contributed by atoms with Gasteiger partial charge in [0, 0.05) is 37.1 Å². The molecule has 0 radical (unpaired) electrons. The van der Waals surface area contributed by atoms with Crippen LogP contribution in [0.2, 0.25) is 0 Å². The molecule has 3 rings (SSSR count). The van der Waals surface area contributed by atoms with E-state index in [-0.39, 0.29) is 10.8 Å². The van der Waals surface area contributed by atoms with E-state index in [1.807, 2.05) is 12.1 Å². The number of nitrogens with one attached hydrogen (secondary N) is 2. The van der Waals surface area contributed by atoms with Crippen molar-refractivity contribution in [3.8, 4) is 0 Å². The molecular formula is C19H23N3O3S. The lowest BCUT2D eigenvalue weighted by atomic mass is 10.2. The summed E-state index contributed by atoms with van der Waals surface area (Å²) >= 11 is 0. The fourth-order valence-corrected chi connectivity index (χ4v) is 4.12. The third kappa shape index (κ3) is 3.83. The summed E-state index contributed by atoms with van der Waals surface area (Å²) in [4.78, 5) is 13.5. The summed E-state index contributed by atoms with van der Waals surface area (Å²) in [7, 11) is -3.68. The molecular weight excluding hydrogens is 350 g/mol. The summed E-state index contributed by atoms with van der Waals surface area (Å²) in [6.45, 7) is 5.06. The van der Waals surface area contributed by atoms with Crippen LogP contribution in [0.3, 0.4) is 0 Å². The normalized spacial score (nSPS) is 13.4. The monoisotopic (exact) mass is 373 g/mol. The van der Waals surface area contributed by atoms with Crippen LogP contribution < -0.4 is 14.9 Å². The van der Waals surface area contributed by atoms with Gasteiger partial charge in [0.15, 0.2) is 0 Å². The number of nitrogens with zero attached hydrogens (tertiary/aromatic N) is 1. The summed E-state index contributed by atoms with van der Waals surface area (Å²) in [5.41, 5.74) is 3.14.